The Hall–Kier alpha value is -8.50. The number of hydrogen-bond donors (Lipinski definition) is 0. The highest BCUT2D eigenvalue weighted by Crippen LogP contribution is 2.11. The Morgan fingerprint density at radius 3 is 1.30 bits per heavy atom. The van der Waals surface area contributed by atoms with Gasteiger partial charge in [0.25, 0.3) is 0 Å². The summed E-state index contributed by atoms with van der Waals surface area (Å²) >= 11 is 0. The fourth-order valence-electron chi connectivity index (χ4n) is 5.71. The van der Waals surface area contributed by atoms with E-state index in [1.54, 1.807) is 37.3 Å². The lowest BCUT2D eigenvalue weighted by atomic mass is 10.2. The third-order valence-electron chi connectivity index (χ3n) is 8.65. The molecule has 0 aliphatic heterocycles. The van der Waals surface area contributed by atoms with E-state index in [4.69, 9.17) is 0 Å². The van der Waals surface area contributed by atoms with Gasteiger partial charge in [0.05, 0.1) is 33.8 Å². The SMILES string of the molecule is c1ccc2cnccc2c1.c1ccc2ncccc2c1.c1ccc2nccnc2c1.c1ccc2ncncc2c1.c1ccc2nnccc2c1.c1cnc2ncccc2c1. The van der Waals surface area contributed by atoms with E-state index in [2.05, 4.69) is 74.3 Å². The molecule has 0 fully saturated rings. The molecule has 7 aromatic heterocycles. The molecule has 0 bridgehead atoms. The zero-order chi connectivity index (χ0) is 40.9. The van der Waals surface area contributed by atoms with Crippen LogP contribution in [0.2, 0.25) is 0 Å². The van der Waals surface area contributed by atoms with E-state index in [9.17, 15) is 0 Å². The maximum absolute atomic E-state index is 4.18. The number of hydrogen-bond acceptors (Lipinski definition) is 10. The van der Waals surface area contributed by atoms with E-state index < -0.39 is 0 Å². The molecule has 0 aliphatic rings. The molecule has 0 N–H and O–H groups in total. The second-order valence-electron chi connectivity index (χ2n) is 12.7. The third-order valence-corrected chi connectivity index (χ3v) is 8.65. The summed E-state index contributed by atoms with van der Waals surface area (Å²) in [7, 11) is 0. The van der Waals surface area contributed by atoms with Crippen molar-refractivity contribution in [3.63, 3.8) is 0 Å². The molecule has 0 saturated carbocycles. The molecular weight excluding hydrogens is 741 g/mol. The van der Waals surface area contributed by atoms with Gasteiger partial charge in [0.15, 0.2) is 5.65 Å². The Bertz CT molecular complexity index is 2220. The van der Waals surface area contributed by atoms with Crippen LogP contribution in [-0.2, 0) is 0 Å². The van der Waals surface area contributed by atoms with Crippen molar-refractivity contribution < 1.29 is 0 Å². The molecule has 0 radical (unpaired) electrons. The summed E-state index contributed by atoms with van der Waals surface area (Å²) in [6.45, 7) is 0. The normalized spacial score (nSPS) is 10.0. The Morgan fingerprint density at radius 2 is 0.700 bits per heavy atom. The van der Waals surface area contributed by atoms with Gasteiger partial charge in [-0.15, -0.1) is 0 Å². The van der Waals surface area contributed by atoms with Crippen molar-refractivity contribution in [3.05, 3.63) is 232 Å². The zero-order valence-corrected chi connectivity index (χ0v) is 32.4. The highest BCUT2D eigenvalue weighted by Gasteiger charge is 1.92. The lowest BCUT2D eigenvalue weighted by molar-refractivity contribution is 1.08. The number of aromatic nitrogens is 10. The summed E-state index contributed by atoms with van der Waals surface area (Å²) in [5.74, 6) is 0. The second kappa shape index (κ2) is 21.7. The number of fused-ring (bicyclic) bond motifs is 6. The lowest BCUT2D eigenvalue weighted by Gasteiger charge is -1.91. The lowest BCUT2D eigenvalue weighted by Crippen LogP contribution is -1.79. The number of benzene rings is 5. The van der Waals surface area contributed by atoms with Crippen LogP contribution in [0, 0.1) is 0 Å². The predicted octanol–water partition coefficient (Wildman–Crippen LogP) is 11.0. The first-order chi connectivity index (χ1) is 29.8. The molecule has 7 heterocycles. The van der Waals surface area contributed by atoms with E-state index in [0.29, 0.717) is 0 Å². The molecule has 60 heavy (non-hydrogen) atoms. The monoisotopic (exact) mass is 778 g/mol. The highest BCUT2D eigenvalue weighted by atomic mass is 15.1. The standard InChI is InChI=1S/2C9H7N.4C8H6N2/c1-2-6-9-8(4-1)5-3-7-10-9;1-2-4-9-7-10-6-5-8(9)3-1;1-3-7-4-2-6-10-8(7)9-5-1;1-2-4-8-7(3-1)5-9-6-10-8;1-2-4-8-7(3-1)9-5-6-10-8;1-2-4-8-7(3-1)5-6-9-10-8/h2*1-7H;4*1-6H. The molecule has 288 valence electrons. The first kappa shape index (κ1) is 39.7. The van der Waals surface area contributed by atoms with Crippen LogP contribution in [0.5, 0.6) is 0 Å². The van der Waals surface area contributed by atoms with Crippen LogP contribution in [0.15, 0.2) is 232 Å². The van der Waals surface area contributed by atoms with E-state index in [1.165, 1.54) is 16.2 Å². The van der Waals surface area contributed by atoms with Gasteiger partial charge >= 0.3 is 0 Å². The Kier molecular flexibility index (Phi) is 14.4. The van der Waals surface area contributed by atoms with Crippen molar-refractivity contribution in [2.45, 2.75) is 0 Å². The molecule has 5 aromatic carbocycles. The summed E-state index contributed by atoms with van der Waals surface area (Å²) in [6.07, 6.45) is 17.4. The van der Waals surface area contributed by atoms with Crippen LogP contribution >= 0.6 is 0 Å². The fraction of sp³-hybridized carbons (Fsp3) is 0. The van der Waals surface area contributed by atoms with E-state index in [0.717, 1.165) is 49.4 Å². The Labute approximate surface area is 346 Å². The molecular formula is C50H38N10. The first-order valence-electron chi connectivity index (χ1n) is 19.0. The number of rotatable bonds is 0. The molecule has 10 nitrogen and oxygen atoms in total. The highest BCUT2D eigenvalue weighted by molar-refractivity contribution is 5.81. The molecule has 0 saturated heterocycles. The van der Waals surface area contributed by atoms with E-state index in [-0.39, 0.29) is 0 Å². The Balaban J connectivity index is 0.000000109. The van der Waals surface area contributed by atoms with Crippen LogP contribution in [0.1, 0.15) is 0 Å². The smallest absolute Gasteiger partial charge is 0.159 e. The minimum atomic E-state index is 0.810. The fourth-order valence-corrected chi connectivity index (χ4v) is 5.71. The maximum Gasteiger partial charge on any atom is 0.159 e. The van der Waals surface area contributed by atoms with Gasteiger partial charge in [-0.1, -0.05) is 97.1 Å². The minimum absolute atomic E-state index is 0.810. The summed E-state index contributed by atoms with van der Waals surface area (Å²) in [6, 6.07) is 55.7. The van der Waals surface area contributed by atoms with Crippen molar-refractivity contribution in [2.75, 3.05) is 0 Å². The predicted molar refractivity (Wildman–Crippen MR) is 242 cm³/mol. The van der Waals surface area contributed by atoms with E-state index in [1.807, 2.05) is 170 Å². The van der Waals surface area contributed by atoms with Crippen LogP contribution in [0.3, 0.4) is 0 Å². The minimum Gasteiger partial charge on any atom is -0.264 e. The van der Waals surface area contributed by atoms with Crippen molar-refractivity contribution in [2.24, 2.45) is 0 Å². The zero-order valence-electron chi connectivity index (χ0n) is 32.4. The third kappa shape index (κ3) is 11.8. The molecule has 0 aliphatic carbocycles. The quantitative estimate of drug-likeness (QED) is 0.147. The maximum atomic E-state index is 4.18. The van der Waals surface area contributed by atoms with Crippen LogP contribution in [0.25, 0.3) is 65.5 Å². The second-order valence-corrected chi connectivity index (χ2v) is 12.7. The van der Waals surface area contributed by atoms with Gasteiger partial charge in [-0.3, -0.25) is 19.9 Å². The molecule has 0 spiro atoms. The van der Waals surface area contributed by atoms with E-state index >= 15 is 0 Å². The Morgan fingerprint density at radius 1 is 0.250 bits per heavy atom. The average Bonchev–Trinajstić information content (AvgIpc) is 3.35. The van der Waals surface area contributed by atoms with Gasteiger partial charge in [0.2, 0.25) is 0 Å². The summed E-state index contributed by atoms with van der Waals surface area (Å²) in [4.78, 5) is 32.5. The number of nitrogens with zero attached hydrogens (tertiary/aromatic N) is 10. The van der Waals surface area contributed by atoms with Crippen molar-refractivity contribution in [1.82, 2.24) is 50.1 Å². The van der Waals surface area contributed by atoms with Gasteiger partial charge in [-0.2, -0.15) is 10.2 Å². The molecule has 12 aromatic rings. The van der Waals surface area contributed by atoms with Gasteiger partial charge in [0.1, 0.15) is 6.33 Å². The van der Waals surface area contributed by atoms with Gasteiger partial charge in [-0.05, 0) is 83.6 Å². The molecule has 0 amide bonds. The first-order valence-corrected chi connectivity index (χ1v) is 19.0. The van der Waals surface area contributed by atoms with Crippen LogP contribution in [-0.4, -0.2) is 50.1 Å². The van der Waals surface area contributed by atoms with Crippen LogP contribution in [0.4, 0.5) is 0 Å². The van der Waals surface area contributed by atoms with Gasteiger partial charge in [-0.25, -0.2) is 19.9 Å². The summed E-state index contributed by atoms with van der Waals surface area (Å²) in [5, 5.41) is 14.7. The average molecular weight is 779 g/mol. The molecule has 10 heteroatoms. The summed E-state index contributed by atoms with van der Waals surface area (Å²) in [5.41, 5.74) is 5.72. The molecule has 12 rings (SSSR count). The topological polar surface area (TPSA) is 129 Å². The number of para-hydroxylation sites is 4. The van der Waals surface area contributed by atoms with Gasteiger partial charge in [0, 0.05) is 71.1 Å². The van der Waals surface area contributed by atoms with Crippen molar-refractivity contribution >= 4 is 65.5 Å². The number of pyridine rings is 4. The molecule has 0 atom stereocenters. The largest absolute Gasteiger partial charge is 0.264 e. The van der Waals surface area contributed by atoms with Crippen molar-refractivity contribution in [3.8, 4) is 0 Å². The van der Waals surface area contributed by atoms with Gasteiger partial charge < -0.3 is 0 Å². The molecule has 0 unspecified atom stereocenters. The van der Waals surface area contributed by atoms with Crippen LogP contribution < -0.4 is 0 Å². The van der Waals surface area contributed by atoms with Crippen molar-refractivity contribution in [1.29, 1.82) is 0 Å². The summed E-state index contributed by atoms with van der Waals surface area (Å²) < 4.78 is 0.